The minimum Gasteiger partial charge on any atom is -0.490 e. The van der Waals surface area contributed by atoms with Crippen molar-refractivity contribution in [3.8, 4) is 17.4 Å². The van der Waals surface area contributed by atoms with E-state index >= 15 is 0 Å². The highest BCUT2D eigenvalue weighted by Crippen LogP contribution is 2.36. The maximum Gasteiger partial charge on any atom is 0.417 e. The first-order valence-electron chi connectivity index (χ1n) is 8.19. The Hall–Kier alpha value is -1.06. The summed E-state index contributed by atoms with van der Waals surface area (Å²) in [6.07, 6.45) is -1.93. The van der Waals surface area contributed by atoms with Crippen LogP contribution in [0, 0.1) is 0 Å². The molecule has 4 nitrogen and oxygen atoms in total. The molecule has 2 aromatic rings. The standard InChI is InChI=1S/C18H13BrCl4F3NO3/c19-11-6-10(18(24,25)26)9-27-17(11)30-4-1-3-28-14-7-12(20)13(21)8-15(14)29-5-2-16(22)23/h2,6-9H,1,3-5H2. The number of halogens is 8. The van der Waals surface area contributed by atoms with Gasteiger partial charge < -0.3 is 14.2 Å². The predicted molar refractivity (Wildman–Crippen MR) is 114 cm³/mol. The fraction of sp³-hybridized carbons (Fsp3) is 0.278. The molecule has 0 spiro atoms. The molecule has 0 N–H and O–H groups in total. The lowest BCUT2D eigenvalue weighted by Crippen LogP contribution is -2.09. The number of hydrogen-bond donors (Lipinski definition) is 0. The number of ether oxygens (including phenoxy) is 3. The maximum absolute atomic E-state index is 12.7. The summed E-state index contributed by atoms with van der Waals surface area (Å²) in [5.41, 5.74) is -0.873. The monoisotopic (exact) mass is 567 g/mol. The summed E-state index contributed by atoms with van der Waals surface area (Å²) in [5, 5.41) is 0.556. The van der Waals surface area contributed by atoms with Gasteiger partial charge in [-0.2, -0.15) is 13.2 Å². The lowest BCUT2D eigenvalue weighted by molar-refractivity contribution is -0.137. The van der Waals surface area contributed by atoms with E-state index in [1.807, 2.05) is 0 Å². The van der Waals surface area contributed by atoms with Gasteiger partial charge in [0.15, 0.2) is 11.5 Å². The van der Waals surface area contributed by atoms with Crippen LogP contribution in [-0.2, 0) is 6.18 Å². The maximum atomic E-state index is 12.7. The molecule has 1 aromatic carbocycles. The Morgan fingerprint density at radius 1 is 1.00 bits per heavy atom. The van der Waals surface area contributed by atoms with E-state index in [1.54, 1.807) is 0 Å². The topological polar surface area (TPSA) is 40.6 Å². The van der Waals surface area contributed by atoms with Crippen molar-refractivity contribution >= 4 is 62.3 Å². The van der Waals surface area contributed by atoms with E-state index in [1.165, 1.54) is 18.2 Å². The SMILES string of the molecule is FC(F)(F)c1cnc(OCCCOc2cc(Cl)c(Cl)cc2OCC=C(Cl)Cl)c(Br)c1. The van der Waals surface area contributed by atoms with Crippen molar-refractivity contribution in [3.05, 3.63) is 55.0 Å². The quantitative estimate of drug-likeness (QED) is 0.290. The number of rotatable bonds is 9. The lowest BCUT2D eigenvalue weighted by atomic mass is 10.3. The molecule has 2 rings (SSSR count). The van der Waals surface area contributed by atoms with Gasteiger partial charge in [0.2, 0.25) is 5.88 Å². The normalized spacial score (nSPS) is 11.2. The third-order valence-electron chi connectivity index (χ3n) is 3.38. The van der Waals surface area contributed by atoms with Crippen molar-refractivity contribution in [3.63, 3.8) is 0 Å². The van der Waals surface area contributed by atoms with E-state index in [-0.39, 0.29) is 44.7 Å². The number of nitrogens with zero attached hydrogens (tertiary/aromatic N) is 1. The number of pyridine rings is 1. The van der Waals surface area contributed by atoms with Gasteiger partial charge in [0.05, 0.1) is 33.3 Å². The minimum absolute atomic E-state index is 0.0475. The zero-order chi connectivity index (χ0) is 22.3. The van der Waals surface area contributed by atoms with E-state index in [2.05, 4.69) is 20.9 Å². The Bertz CT molecular complexity index is 909. The average Bonchev–Trinajstić information content (AvgIpc) is 2.65. The molecule has 12 heteroatoms. The van der Waals surface area contributed by atoms with Crippen LogP contribution in [-0.4, -0.2) is 24.8 Å². The van der Waals surface area contributed by atoms with Crippen LogP contribution in [0.4, 0.5) is 13.2 Å². The van der Waals surface area contributed by atoms with Crippen LogP contribution >= 0.6 is 62.3 Å². The molecule has 0 saturated heterocycles. The molecule has 0 aliphatic rings. The average molecular weight is 570 g/mol. The number of aromatic nitrogens is 1. The molecular weight excluding hydrogens is 557 g/mol. The van der Waals surface area contributed by atoms with Crippen LogP contribution in [0.2, 0.25) is 10.0 Å². The molecular formula is C18H13BrCl4F3NO3. The second kappa shape index (κ2) is 11.5. The molecule has 0 aliphatic carbocycles. The summed E-state index contributed by atoms with van der Waals surface area (Å²) in [6, 6.07) is 3.90. The molecule has 0 unspecified atom stereocenters. The van der Waals surface area contributed by atoms with Gasteiger partial charge in [-0.1, -0.05) is 46.4 Å². The van der Waals surface area contributed by atoms with E-state index in [0.717, 1.165) is 6.07 Å². The van der Waals surface area contributed by atoms with Crippen LogP contribution in [0.5, 0.6) is 17.4 Å². The molecule has 1 aromatic heterocycles. The molecule has 0 amide bonds. The number of hydrogen-bond acceptors (Lipinski definition) is 4. The summed E-state index contributed by atoms with van der Waals surface area (Å²) in [4.78, 5) is 3.67. The Balaban J connectivity index is 1.89. The molecule has 1 heterocycles. The van der Waals surface area contributed by atoms with E-state index in [9.17, 15) is 13.2 Å². The van der Waals surface area contributed by atoms with Crippen LogP contribution in [0.25, 0.3) is 0 Å². The largest absolute Gasteiger partial charge is 0.490 e. The molecule has 0 fully saturated rings. The molecule has 164 valence electrons. The Kier molecular flexibility index (Phi) is 9.68. The van der Waals surface area contributed by atoms with Crippen molar-refractivity contribution in [2.75, 3.05) is 19.8 Å². The van der Waals surface area contributed by atoms with E-state index in [0.29, 0.717) is 24.1 Å². The Labute approximate surface area is 198 Å². The fourth-order valence-electron chi connectivity index (χ4n) is 2.03. The summed E-state index contributed by atoms with van der Waals surface area (Å²) >= 11 is 26.1. The van der Waals surface area contributed by atoms with Crippen LogP contribution in [0.15, 0.2) is 39.4 Å². The highest BCUT2D eigenvalue weighted by Gasteiger charge is 2.31. The van der Waals surface area contributed by atoms with Crippen LogP contribution < -0.4 is 14.2 Å². The van der Waals surface area contributed by atoms with Gasteiger partial charge in [-0.3, -0.25) is 0 Å². The van der Waals surface area contributed by atoms with Crippen molar-refractivity contribution in [2.45, 2.75) is 12.6 Å². The Morgan fingerprint density at radius 2 is 1.60 bits per heavy atom. The van der Waals surface area contributed by atoms with Crippen LogP contribution in [0.3, 0.4) is 0 Å². The van der Waals surface area contributed by atoms with Crippen molar-refractivity contribution in [1.82, 2.24) is 4.98 Å². The van der Waals surface area contributed by atoms with Gasteiger partial charge in [-0.15, -0.1) is 0 Å². The molecule has 0 atom stereocenters. The molecule has 0 bridgehead atoms. The molecule has 0 saturated carbocycles. The van der Waals surface area contributed by atoms with Gasteiger partial charge >= 0.3 is 6.18 Å². The first-order chi connectivity index (χ1) is 14.1. The zero-order valence-electron chi connectivity index (χ0n) is 14.9. The summed E-state index contributed by atoms with van der Waals surface area (Å²) in [5.74, 6) is 0.729. The molecule has 0 radical (unpaired) electrons. The first-order valence-corrected chi connectivity index (χ1v) is 10.5. The summed E-state index contributed by atoms with van der Waals surface area (Å²) in [7, 11) is 0. The summed E-state index contributed by atoms with van der Waals surface area (Å²) in [6.45, 7) is 0.450. The molecule has 30 heavy (non-hydrogen) atoms. The lowest BCUT2D eigenvalue weighted by Gasteiger charge is -2.14. The van der Waals surface area contributed by atoms with Gasteiger partial charge in [0, 0.05) is 24.8 Å². The van der Waals surface area contributed by atoms with Gasteiger partial charge in [0.25, 0.3) is 0 Å². The van der Waals surface area contributed by atoms with Crippen molar-refractivity contribution < 1.29 is 27.4 Å². The highest BCUT2D eigenvalue weighted by molar-refractivity contribution is 9.10. The third kappa shape index (κ3) is 7.89. The minimum atomic E-state index is -4.48. The fourth-order valence-corrected chi connectivity index (χ4v) is 2.92. The highest BCUT2D eigenvalue weighted by atomic mass is 79.9. The number of alkyl halides is 3. The molecule has 0 aliphatic heterocycles. The predicted octanol–water partition coefficient (Wildman–Crippen LogP) is 7.72. The second-order valence-electron chi connectivity index (χ2n) is 5.58. The second-order valence-corrected chi connectivity index (χ2v) is 8.25. The van der Waals surface area contributed by atoms with Gasteiger partial charge in [-0.05, 0) is 28.1 Å². The van der Waals surface area contributed by atoms with Gasteiger partial charge in [-0.25, -0.2) is 4.98 Å². The zero-order valence-corrected chi connectivity index (χ0v) is 19.5. The smallest absolute Gasteiger partial charge is 0.417 e. The number of benzene rings is 1. The van der Waals surface area contributed by atoms with Gasteiger partial charge in [0.1, 0.15) is 11.1 Å². The van der Waals surface area contributed by atoms with Crippen molar-refractivity contribution in [1.29, 1.82) is 0 Å². The Morgan fingerprint density at radius 3 is 2.17 bits per heavy atom. The van der Waals surface area contributed by atoms with E-state index < -0.39 is 11.7 Å². The van der Waals surface area contributed by atoms with E-state index in [4.69, 9.17) is 60.6 Å². The van der Waals surface area contributed by atoms with Crippen molar-refractivity contribution in [2.24, 2.45) is 0 Å². The third-order valence-corrected chi connectivity index (χ3v) is 4.98. The van der Waals surface area contributed by atoms with Crippen LogP contribution in [0.1, 0.15) is 12.0 Å². The summed E-state index contributed by atoms with van der Waals surface area (Å²) < 4.78 is 54.7. The first kappa shape index (κ1) is 25.2.